The molecule has 0 rings (SSSR count). The highest BCUT2D eigenvalue weighted by atomic mass is 14.4. The smallest absolute Gasteiger partial charge is 0.0654 e. The van der Waals surface area contributed by atoms with E-state index in [9.17, 15) is 0 Å². The molecule has 0 aliphatic rings. The molecule has 0 N–H and O–H groups in total. The highest BCUT2D eigenvalue weighted by Gasteiger charge is 2.35. The van der Waals surface area contributed by atoms with E-state index in [1.54, 1.807) is 5.92 Å². The normalized spacial score (nSPS) is 13.8. The van der Waals surface area contributed by atoms with Crippen LogP contribution < -0.4 is 0 Å². The van der Waals surface area contributed by atoms with Gasteiger partial charge in [-0.05, 0) is 30.1 Å². The molecule has 18 heavy (non-hydrogen) atoms. The van der Waals surface area contributed by atoms with Gasteiger partial charge in [-0.25, -0.2) is 0 Å². The van der Waals surface area contributed by atoms with Gasteiger partial charge in [-0.1, -0.05) is 54.9 Å². The van der Waals surface area contributed by atoms with E-state index in [4.69, 9.17) is 0 Å². The van der Waals surface area contributed by atoms with Crippen LogP contribution in [0.15, 0.2) is 0 Å². The fraction of sp³-hybridized carbons (Fsp3) is 0.944. The van der Waals surface area contributed by atoms with Gasteiger partial charge < -0.3 is 0 Å². The van der Waals surface area contributed by atoms with Crippen molar-refractivity contribution in [3.05, 3.63) is 5.92 Å². The average molecular weight is 253 g/mol. The summed E-state index contributed by atoms with van der Waals surface area (Å²) < 4.78 is 0. The van der Waals surface area contributed by atoms with Crippen molar-refractivity contribution in [1.82, 2.24) is 0 Å². The Balaban J connectivity index is 4.55. The second-order valence-electron chi connectivity index (χ2n) is 8.98. The summed E-state index contributed by atoms with van der Waals surface area (Å²) in [5.74, 6) is 1.56. The summed E-state index contributed by atoms with van der Waals surface area (Å²) in [5.41, 5.74) is 1.36. The zero-order valence-electron chi connectivity index (χ0n) is 14.5. The lowest BCUT2D eigenvalue weighted by Gasteiger charge is -2.39. The molecule has 0 fully saturated rings. The Bertz CT molecular complexity index is 230. The Morgan fingerprint density at radius 2 is 1.17 bits per heavy atom. The predicted molar refractivity (Wildman–Crippen MR) is 84.7 cm³/mol. The van der Waals surface area contributed by atoms with Crippen LogP contribution in [0.1, 0.15) is 94.4 Å². The summed E-state index contributed by atoms with van der Waals surface area (Å²) in [6.45, 7) is 21.4. The maximum absolute atomic E-state index is 2.46. The van der Waals surface area contributed by atoms with Crippen LogP contribution in [-0.4, -0.2) is 0 Å². The Morgan fingerprint density at radius 3 is 1.56 bits per heavy atom. The van der Waals surface area contributed by atoms with Gasteiger partial charge in [0, 0.05) is 5.41 Å². The van der Waals surface area contributed by atoms with Crippen molar-refractivity contribution in [3.63, 3.8) is 0 Å². The standard InChI is InChI=1S/C18H37/c1-10-11-16(4,5)13-18(8,9)14-17(6,7)12-15(2)3/h10-14H2,1-9H3/q+1. The molecule has 0 aromatic carbocycles. The minimum atomic E-state index is 0.435. The third-order valence-corrected chi connectivity index (χ3v) is 3.67. The molecule has 0 aliphatic carbocycles. The maximum Gasteiger partial charge on any atom is 0.0945 e. The molecule has 0 unspecified atom stereocenters. The second-order valence-corrected chi connectivity index (χ2v) is 8.98. The van der Waals surface area contributed by atoms with Crippen molar-refractivity contribution in [3.8, 4) is 0 Å². The van der Waals surface area contributed by atoms with Crippen LogP contribution in [-0.2, 0) is 0 Å². The topological polar surface area (TPSA) is 0 Å². The molecule has 108 valence electrons. The van der Waals surface area contributed by atoms with Crippen molar-refractivity contribution in [2.45, 2.75) is 94.4 Å². The van der Waals surface area contributed by atoms with E-state index in [0.717, 1.165) is 0 Å². The zero-order chi connectivity index (χ0) is 14.6. The molecule has 0 spiro atoms. The lowest BCUT2D eigenvalue weighted by molar-refractivity contribution is 0.115. The molecular formula is C18H37+. The van der Waals surface area contributed by atoms with Gasteiger partial charge in [0.25, 0.3) is 0 Å². The van der Waals surface area contributed by atoms with Crippen LogP contribution in [0.4, 0.5) is 0 Å². The fourth-order valence-corrected chi connectivity index (χ4v) is 4.44. The monoisotopic (exact) mass is 253 g/mol. The average Bonchev–Trinajstić information content (AvgIpc) is 1.93. The SMILES string of the molecule is CCCC(C)(C)CC(C)(C)CC(C)(C)C[C+](C)C. The number of rotatable bonds is 8. The van der Waals surface area contributed by atoms with Crippen molar-refractivity contribution in [2.24, 2.45) is 16.2 Å². The molecule has 0 nitrogen and oxygen atoms in total. The Hall–Kier alpha value is -0.130. The Labute approximate surface area is 117 Å². The first-order chi connectivity index (χ1) is 7.89. The summed E-state index contributed by atoms with van der Waals surface area (Å²) >= 11 is 0. The summed E-state index contributed by atoms with van der Waals surface area (Å²) in [6, 6.07) is 0. The molecule has 0 bridgehead atoms. The highest BCUT2D eigenvalue weighted by Crippen LogP contribution is 2.45. The molecule has 0 saturated carbocycles. The lowest BCUT2D eigenvalue weighted by Crippen LogP contribution is -2.29. The minimum Gasteiger partial charge on any atom is -0.0654 e. The quantitative estimate of drug-likeness (QED) is 0.425. The third-order valence-electron chi connectivity index (χ3n) is 3.67. The van der Waals surface area contributed by atoms with Gasteiger partial charge in [-0.15, -0.1) is 0 Å². The molecule has 0 aromatic heterocycles. The van der Waals surface area contributed by atoms with Crippen LogP contribution in [0, 0.1) is 22.2 Å². The van der Waals surface area contributed by atoms with Crippen LogP contribution in [0.3, 0.4) is 0 Å². The van der Waals surface area contributed by atoms with E-state index in [0.29, 0.717) is 16.2 Å². The summed E-state index contributed by atoms with van der Waals surface area (Å²) in [4.78, 5) is 0. The van der Waals surface area contributed by atoms with E-state index in [-0.39, 0.29) is 0 Å². The molecule has 0 heteroatoms. The highest BCUT2D eigenvalue weighted by molar-refractivity contribution is 4.90. The van der Waals surface area contributed by atoms with Gasteiger partial charge in [0.1, 0.15) is 0 Å². The largest absolute Gasteiger partial charge is 0.0945 e. The van der Waals surface area contributed by atoms with E-state index >= 15 is 0 Å². The van der Waals surface area contributed by atoms with Gasteiger partial charge in [0.05, 0.1) is 26.2 Å². The van der Waals surface area contributed by atoms with Crippen molar-refractivity contribution >= 4 is 0 Å². The van der Waals surface area contributed by atoms with Crippen molar-refractivity contribution in [2.75, 3.05) is 0 Å². The molecular weight excluding hydrogens is 216 g/mol. The van der Waals surface area contributed by atoms with Gasteiger partial charge in [-0.2, -0.15) is 0 Å². The first-order valence-corrected chi connectivity index (χ1v) is 7.68. The van der Waals surface area contributed by atoms with Gasteiger partial charge in [-0.3, -0.25) is 0 Å². The Morgan fingerprint density at radius 1 is 0.722 bits per heavy atom. The van der Waals surface area contributed by atoms with E-state index in [2.05, 4.69) is 62.3 Å². The molecule has 0 aromatic rings. The molecule has 0 aliphatic heterocycles. The van der Waals surface area contributed by atoms with E-state index < -0.39 is 0 Å². The third kappa shape index (κ3) is 8.06. The van der Waals surface area contributed by atoms with Gasteiger partial charge in [0.15, 0.2) is 0 Å². The van der Waals surface area contributed by atoms with Crippen LogP contribution in [0.2, 0.25) is 0 Å². The van der Waals surface area contributed by atoms with E-state index in [1.807, 2.05) is 0 Å². The first-order valence-electron chi connectivity index (χ1n) is 7.68. The number of hydrogen-bond donors (Lipinski definition) is 0. The minimum absolute atomic E-state index is 0.435. The second kappa shape index (κ2) is 6.35. The van der Waals surface area contributed by atoms with Crippen molar-refractivity contribution < 1.29 is 0 Å². The predicted octanol–water partition coefficient (Wildman–Crippen LogP) is 6.65. The fourth-order valence-electron chi connectivity index (χ4n) is 4.44. The summed E-state index contributed by atoms with van der Waals surface area (Å²) in [5, 5.41) is 0. The van der Waals surface area contributed by atoms with E-state index in [1.165, 1.54) is 32.1 Å². The zero-order valence-corrected chi connectivity index (χ0v) is 14.5. The maximum atomic E-state index is 2.46. The summed E-state index contributed by atoms with van der Waals surface area (Å²) in [6.07, 6.45) is 6.55. The van der Waals surface area contributed by atoms with Crippen LogP contribution >= 0.6 is 0 Å². The number of hydrogen-bond acceptors (Lipinski definition) is 0. The molecule has 0 atom stereocenters. The Kier molecular flexibility index (Phi) is 6.30. The molecule has 0 radical (unpaired) electrons. The van der Waals surface area contributed by atoms with Crippen LogP contribution in [0.5, 0.6) is 0 Å². The summed E-state index contributed by atoms with van der Waals surface area (Å²) in [7, 11) is 0. The lowest BCUT2D eigenvalue weighted by atomic mass is 9.65. The van der Waals surface area contributed by atoms with Crippen LogP contribution in [0.25, 0.3) is 0 Å². The molecule has 0 heterocycles. The molecule has 0 saturated heterocycles. The first kappa shape index (κ1) is 17.9. The molecule has 0 amide bonds. The van der Waals surface area contributed by atoms with Gasteiger partial charge in [0.2, 0.25) is 0 Å². The van der Waals surface area contributed by atoms with Crippen molar-refractivity contribution in [1.29, 1.82) is 0 Å². The van der Waals surface area contributed by atoms with Gasteiger partial charge >= 0.3 is 0 Å².